The highest BCUT2D eigenvalue weighted by atomic mass is 28.4. The summed E-state index contributed by atoms with van der Waals surface area (Å²) in [7, 11) is 11.0. The number of cyclic esters (lactones) is 2. The van der Waals surface area contributed by atoms with Crippen LogP contribution in [0.3, 0.4) is 0 Å². The van der Waals surface area contributed by atoms with E-state index in [0.717, 1.165) is 10.4 Å². The molecule has 6 fully saturated rings. The lowest BCUT2D eigenvalue weighted by molar-refractivity contribution is -0.319. The molecule has 36 atom stereocenters. The summed E-state index contributed by atoms with van der Waals surface area (Å²) in [6.07, 6.45) is -18.1. The van der Waals surface area contributed by atoms with Crippen LogP contribution in [0.15, 0.2) is 60.7 Å². The first-order valence-electron chi connectivity index (χ1n) is 46.6. The average molecular weight is 1850 g/mol. The van der Waals surface area contributed by atoms with E-state index in [9.17, 15) is 65.1 Å². The molecule has 32 nitrogen and oxygen atoms in total. The van der Waals surface area contributed by atoms with Crippen molar-refractivity contribution in [2.45, 2.75) is 396 Å². The van der Waals surface area contributed by atoms with Crippen molar-refractivity contribution in [2.75, 3.05) is 82.8 Å². The Morgan fingerprint density at radius 2 is 0.845 bits per heavy atom. The number of esters is 4. The lowest BCUT2D eigenvalue weighted by Crippen LogP contribution is -2.67. The molecular formula is C96H166N4O28Si. The molecule has 0 unspecified atom stereocenters. The van der Waals surface area contributed by atoms with E-state index in [4.69, 9.17) is 70.7 Å². The molecule has 0 amide bonds. The summed E-state index contributed by atoms with van der Waals surface area (Å²) in [6, 6.07) is 18.2. The topological polar surface area (TPSA) is 402 Å². The van der Waals surface area contributed by atoms with Crippen LogP contribution in [0.25, 0.3) is 0 Å². The Hall–Kier alpha value is -4.42. The molecule has 9 N–H and O–H groups in total. The van der Waals surface area contributed by atoms with Gasteiger partial charge in [-0.05, 0) is 205 Å². The Morgan fingerprint density at radius 1 is 0.504 bits per heavy atom. The van der Waals surface area contributed by atoms with Gasteiger partial charge in [0.15, 0.2) is 37.4 Å². The largest absolute Gasteiger partial charge is 0.459 e. The summed E-state index contributed by atoms with van der Waals surface area (Å²) in [4.78, 5) is 63.9. The third-order valence-corrected chi connectivity index (χ3v) is 33.8. The van der Waals surface area contributed by atoms with Crippen LogP contribution in [0.1, 0.15) is 211 Å². The minimum Gasteiger partial charge on any atom is -0.459 e. The Morgan fingerprint density at radius 3 is 1.16 bits per heavy atom. The first-order chi connectivity index (χ1) is 59.8. The zero-order valence-electron chi connectivity index (χ0n) is 83.1. The number of hydrogen-bond donors (Lipinski definition) is 9. The van der Waals surface area contributed by atoms with Crippen LogP contribution in [0.2, 0.25) is 5.04 Å². The van der Waals surface area contributed by atoms with E-state index in [0.29, 0.717) is 25.9 Å². The van der Waals surface area contributed by atoms with Crippen LogP contribution >= 0.6 is 0 Å². The third-order valence-electron chi connectivity index (χ3n) is 28.9. The average Bonchev–Trinajstić information content (AvgIpc) is 1.31. The molecule has 6 saturated heterocycles. The number of rotatable bonds is 22. The van der Waals surface area contributed by atoms with Crippen molar-refractivity contribution in [1.29, 1.82) is 0 Å². The van der Waals surface area contributed by atoms with Crippen LogP contribution in [0, 0.1) is 35.5 Å². The zero-order chi connectivity index (χ0) is 97.3. The van der Waals surface area contributed by atoms with Gasteiger partial charge in [0, 0.05) is 64.1 Å². The minimum atomic E-state index is -3.16. The Balaban J connectivity index is 0.000000366. The predicted octanol–water partition coefficient (Wildman–Crippen LogP) is 6.47. The van der Waals surface area contributed by atoms with Gasteiger partial charge in [0.05, 0.1) is 95.2 Å². The van der Waals surface area contributed by atoms with Gasteiger partial charge in [-0.2, -0.15) is 0 Å². The molecule has 0 radical (unpaired) electrons. The highest BCUT2D eigenvalue weighted by molar-refractivity contribution is 6.99. The van der Waals surface area contributed by atoms with Gasteiger partial charge in [-0.25, -0.2) is 9.59 Å². The van der Waals surface area contributed by atoms with Crippen molar-refractivity contribution in [3.8, 4) is 0 Å². The second-order valence-corrected chi connectivity index (χ2v) is 45.7. The van der Waals surface area contributed by atoms with Crippen LogP contribution in [-0.2, 0) is 89.9 Å². The van der Waals surface area contributed by atoms with Gasteiger partial charge in [-0.15, -0.1) is 0 Å². The number of likely N-dealkylation sites (N-methyl/N-ethyl adjacent to an activating group) is 4. The van der Waals surface area contributed by atoms with Gasteiger partial charge in [0.1, 0.15) is 61.0 Å². The monoisotopic (exact) mass is 1850 g/mol. The van der Waals surface area contributed by atoms with E-state index >= 15 is 0 Å². The molecular weight excluding hydrogens is 1690 g/mol. The maximum absolute atomic E-state index is 14.7. The molecule has 2 aromatic rings. The molecule has 6 aliphatic heterocycles. The van der Waals surface area contributed by atoms with E-state index < -0.39 is 230 Å². The highest BCUT2D eigenvalue weighted by Crippen LogP contribution is 2.46. The number of hydrogen-bond acceptors (Lipinski definition) is 32. The molecule has 0 spiro atoms. The molecule has 129 heavy (non-hydrogen) atoms. The summed E-state index contributed by atoms with van der Waals surface area (Å²) < 4.78 is 96.3. The summed E-state index contributed by atoms with van der Waals surface area (Å²) in [6.45, 7) is 40.9. The second kappa shape index (κ2) is 46.2. The number of carbonyl (C=O) groups is 4. The van der Waals surface area contributed by atoms with Crippen molar-refractivity contribution < 1.29 is 136 Å². The summed E-state index contributed by atoms with van der Waals surface area (Å²) in [5, 5.41) is 106. The SMILES string of the molecule is CC[C@H]1OC(=O)[C@H](C)[C@@H](O[C@H]2C[C@@](C)(OC)[C@@H](O)[C@H](C)O2)[C@H](C)[C@@H](O[C@@H]2O[C@H](C)C[C@H](N(C)C)[C@H]2OC(=O)CO)[C@](C)(O)C[C@@H](C)CN(C)[C@H](C)[C@@H](O)[C@]1(C)O.CC[C@H]1OC(=O)[C@H](C)[C@@H](O[C@H]2C[C@@](C)(OC)[C@@H](O)[C@H](C)O2)[C@H](C)[C@@H](O[C@@H]2O[C@H](C)C[C@H](N(C)C)[C@H]2OC(=O)CO[Si](c2ccccc2)(c2ccccc2)C(C)(C)C)[C@](C)(O)C[C@@H](C)CN(C)[C@H](C)[C@@H](O)[C@]1(C)O. The molecule has 6 aliphatic rings. The van der Waals surface area contributed by atoms with E-state index in [1.165, 1.54) is 28.1 Å². The molecule has 742 valence electrons. The predicted molar refractivity (Wildman–Crippen MR) is 487 cm³/mol. The molecule has 0 aliphatic carbocycles. The molecule has 8 rings (SSSR count). The molecule has 6 heterocycles. The highest BCUT2D eigenvalue weighted by Gasteiger charge is 2.59. The molecule has 2 aromatic carbocycles. The Labute approximate surface area is 769 Å². The summed E-state index contributed by atoms with van der Waals surface area (Å²) in [5.74, 6) is -7.21. The van der Waals surface area contributed by atoms with Gasteiger partial charge in [0.25, 0.3) is 8.32 Å². The Kier molecular flexibility index (Phi) is 39.9. The van der Waals surface area contributed by atoms with Gasteiger partial charge >= 0.3 is 23.9 Å². The molecule has 0 bridgehead atoms. The zero-order valence-corrected chi connectivity index (χ0v) is 84.1. The van der Waals surface area contributed by atoms with Crippen molar-refractivity contribution in [3.63, 3.8) is 0 Å². The minimum absolute atomic E-state index is 0.0867. The fourth-order valence-corrected chi connectivity index (χ4v) is 25.5. The third kappa shape index (κ3) is 26.5. The van der Waals surface area contributed by atoms with Crippen molar-refractivity contribution >= 4 is 42.6 Å². The number of aliphatic hydroxyl groups is 9. The van der Waals surface area contributed by atoms with E-state index in [-0.39, 0.29) is 75.2 Å². The lowest BCUT2D eigenvalue weighted by atomic mass is 9.77. The van der Waals surface area contributed by atoms with E-state index in [1.54, 1.807) is 90.0 Å². The standard InChI is InChI=1S/C56H92N2O14Si.C40H74N2O14/c1-18-43-56(13,64)48(60)38(6)58(16)32-34(2)30-54(11,63)50(36(4)46(37(5)51(62)69-43)71-45-31-55(12,65-17)49(61)39(7)68-45)72-52-47(42(57(14)15)29-35(3)67-52)70-44(59)33-66-73(53(8,9)10,40-25-21-19-22-26-40)41-27-23-20-24-28-41;1-15-28-40(10,49)33(45)25(6)42(13)19-21(2)17-38(8,48)35(56-37-32(54-29(44)20-43)27(41(11)12)16-22(3)51-37)23(4)31(24(5)36(47)53-28)55-30-18-39(9,50-14)34(46)26(7)52-30/h19-28,34-39,42-43,45-50,52,60-61,63-64H,18,29-33H2,1-17H3;21-28,30-35,37,43,45-46,48-49H,15-20H2,1-14H3/t34-,35-,36+,37-,38-,39+,42+,43-,45+,46+,47-,48-,49+,50-,52+,54-,55-,56-;21-,22-,23+,24-,25-,26+,27+,28-,30+,31+,32-,33-,34+,35-,37+,38-,39-,40-/m11/s1. The fraction of sp³-hybridized carbons (Fsp3) is 0.833. The normalized spacial score (nSPS) is 42.4. The maximum atomic E-state index is 14.7. The van der Waals surface area contributed by atoms with E-state index in [2.05, 4.69) is 45.0 Å². The first kappa shape index (κ1) is 112. The molecule has 0 saturated carbocycles. The number of aliphatic hydroxyl groups excluding tert-OH is 5. The summed E-state index contributed by atoms with van der Waals surface area (Å²) >= 11 is 0. The number of benzene rings is 2. The second-order valence-electron chi connectivity index (χ2n) is 41.4. The van der Waals surface area contributed by atoms with Gasteiger partial charge in [0.2, 0.25) is 0 Å². The van der Waals surface area contributed by atoms with E-state index in [1.807, 2.05) is 133 Å². The quantitative estimate of drug-likeness (QED) is 0.0346. The number of carbonyl (C=O) groups excluding carboxylic acids is 4. The number of nitrogens with zero attached hydrogens (tertiary/aromatic N) is 4. The fourth-order valence-electron chi connectivity index (χ4n) is 21.0. The van der Waals surface area contributed by atoms with Gasteiger partial charge in [-0.1, -0.05) is 123 Å². The summed E-state index contributed by atoms with van der Waals surface area (Å²) in [5.41, 5.74) is -9.16. The number of methoxy groups -OCH3 is 2. The smallest absolute Gasteiger partial charge is 0.332 e. The van der Waals surface area contributed by atoms with Crippen LogP contribution in [-0.4, -0.2) is 361 Å². The van der Waals surface area contributed by atoms with Crippen molar-refractivity contribution in [3.05, 3.63) is 60.7 Å². The van der Waals surface area contributed by atoms with Crippen LogP contribution < -0.4 is 10.4 Å². The van der Waals surface area contributed by atoms with Crippen molar-refractivity contribution in [2.24, 2.45) is 35.5 Å². The molecule has 33 heteroatoms. The lowest BCUT2D eigenvalue weighted by Gasteiger charge is -2.49. The molecule has 0 aromatic heterocycles. The van der Waals surface area contributed by atoms with Crippen LogP contribution in [0.5, 0.6) is 0 Å². The van der Waals surface area contributed by atoms with Gasteiger partial charge in [-0.3, -0.25) is 9.59 Å². The van der Waals surface area contributed by atoms with Crippen LogP contribution in [0.4, 0.5) is 0 Å². The number of ether oxygens (including phenoxy) is 14. The maximum Gasteiger partial charge on any atom is 0.332 e. The van der Waals surface area contributed by atoms with Crippen molar-refractivity contribution in [1.82, 2.24) is 19.6 Å². The first-order valence-corrected chi connectivity index (χ1v) is 48.6. The Bertz CT molecular complexity index is 3750. The van der Waals surface area contributed by atoms with Gasteiger partial charge < -0.3 is 136 Å².